The zero-order chi connectivity index (χ0) is 13.9. The summed E-state index contributed by atoms with van der Waals surface area (Å²) in [4.78, 5) is 2.66. The van der Waals surface area contributed by atoms with Crippen molar-refractivity contribution < 1.29 is 0 Å². The Morgan fingerprint density at radius 1 is 0.889 bits per heavy atom. The van der Waals surface area contributed by atoms with Crippen LogP contribution >= 0.6 is 0 Å². The Labute approximate surface area is 116 Å². The van der Waals surface area contributed by atoms with Gasteiger partial charge in [0.2, 0.25) is 0 Å². The van der Waals surface area contributed by atoms with Gasteiger partial charge < -0.3 is 10.2 Å². The lowest BCUT2D eigenvalue weighted by atomic mass is 9.84. The second-order valence-electron chi connectivity index (χ2n) is 6.01. The molecule has 0 bridgehead atoms. The highest BCUT2D eigenvalue weighted by Gasteiger charge is 2.25. The van der Waals surface area contributed by atoms with Crippen LogP contribution in [-0.2, 0) is 0 Å². The van der Waals surface area contributed by atoms with E-state index in [4.69, 9.17) is 0 Å². The van der Waals surface area contributed by atoms with Gasteiger partial charge >= 0.3 is 0 Å². The molecule has 0 radical (unpaired) electrons. The number of rotatable bonds is 12. The lowest BCUT2D eigenvalue weighted by Gasteiger charge is -2.36. The molecule has 0 saturated carbocycles. The summed E-state index contributed by atoms with van der Waals surface area (Å²) in [6.07, 6.45) is 6.38. The third kappa shape index (κ3) is 8.10. The second-order valence-corrected chi connectivity index (χ2v) is 6.01. The topological polar surface area (TPSA) is 15.3 Å². The average molecular weight is 256 g/mol. The molecule has 0 amide bonds. The summed E-state index contributed by atoms with van der Waals surface area (Å²) in [5, 5.41) is 3.62. The zero-order valence-electron chi connectivity index (χ0n) is 13.5. The van der Waals surface area contributed by atoms with E-state index >= 15 is 0 Å². The highest BCUT2D eigenvalue weighted by Crippen LogP contribution is 2.24. The van der Waals surface area contributed by atoms with E-state index in [2.05, 4.69) is 44.8 Å². The minimum absolute atomic E-state index is 0.439. The molecule has 0 aliphatic heterocycles. The van der Waals surface area contributed by atoms with Crippen molar-refractivity contribution in [3.63, 3.8) is 0 Å². The molecule has 0 heterocycles. The van der Waals surface area contributed by atoms with E-state index in [9.17, 15) is 0 Å². The molecule has 0 rings (SSSR count). The maximum absolute atomic E-state index is 3.62. The Morgan fingerprint density at radius 2 is 1.50 bits per heavy atom. The van der Waals surface area contributed by atoms with Gasteiger partial charge in [0.1, 0.15) is 0 Å². The molecule has 18 heavy (non-hydrogen) atoms. The van der Waals surface area contributed by atoms with Crippen LogP contribution < -0.4 is 5.32 Å². The number of hydrogen-bond donors (Lipinski definition) is 1. The lowest BCUT2D eigenvalue weighted by Crippen LogP contribution is -2.43. The van der Waals surface area contributed by atoms with Gasteiger partial charge in [0.25, 0.3) is 0 Å². The van der Waals surface area contributed by atoms with E-state index in [0.29, 0.717) is 5.41 Å². The largest absolute Gasteiger partial charge is 0.316 e. The van der Waals surface area contributed by atoms with Gasteiger partial charge in [-0.25, -0.2) is 0 Å². The summed E-state index contributed by atoms with van der Waals surface area (Å²) in [7, 11) is 0. The van der Waals surface area contributed by atoms with Gasteiger partial charge in [-0.05, 0) is 50.7 Å². The lowest BCUT2D eigenvalue weighted by molar-refractivity contribution is 0.149. The molecule has 0 aromatic rings. The molecule has 0 spiro atoms. The van der Waals surface area contributed by atoms with Crippen molar-refractivity contribution in [3.8, 4) is 0 Å². The summed E-state index contributed by atoms with van der Waals surface area (Å²) in [5.41, 5.74) is 0.439. The maximum atomic E-state index is 3.62. The molecular formula is C16H36N2. The molecule has 2 heteroatoms. The van der Waals surface area contributed by atoms with Gasteiger partial charge in [-0.3, -0.25) is 0 Å². The van der Waals surface area contributed by atoms with Gasteiger partial charge in [0.05, 0.1) is 0 Å². The van der Waals surface area contributed by atoms with Crippen LogP contribution in [0.5, 0.6) is 0 Å². The predicted octanol–water partition coefficient (Wildman–Crippen LogP) is 3.91. The number of hydrogen-bond acceptors (Lipinski definition) is 2. The minimum Gasteiger partial charge on any atom is -0.316 e. The Balaban J connectivity index is 4.33. The fourth-order valence-electron chi connectivity index (χ4n) is 2.84. The molecule has 0 fully saturated rings. The molecule has 0 aliphatic rings. The monoisotopic (exact) mass is 256 g/mol. The molecule has 0 saturated heterocycles. The normalized spacial score (nSPS) is 15.0. The van der Waals surface area contributed by atoms with Gasteiger partial charge in [-0.2, -0.15) is 0 Å². The third-order valence-corrected chi connectivity index (χ3v) is 3.52. The van der Waals surface area contributed by atoms with E-state index in [-0.39, 0.29) is 0 Å². The van der Waals surface area contributed by atoms with Crippen molar-refractivity contribution in [2.75, 3.05) is 32.7 Å². The summed E-state index contributed by atoms with van der Waals surface area (Å²) in [6, 6.07) is 0. The molecule has 110 valence electrons. The zero-order valence-corrected chi connectivity index (χ0v) is 13.5. The molecule has 2 nitrogen and oxygen atoms in total. The SMILES string of the molecule is CCCNCC(C)(CCC)CN(CCC)CCC. The first-order chi connectivity index (χ1) is 8.61. The highest BCUT2D eigenvalue weighted by atomic mass is 15.1. The third-order valence-electron chi connectivity index (χ3n) is 3.52. The molecule has 0 aromatic carbocycles. The quantitative estimate of drug-likeness (QED) is 0.533. The van der Waals surface area contributed by atoms with E-state index in [0.717, 1.165) is 6.54 Å². The predicted molar refractivity (Wildman–Crippen MR) is 83.2 cm³/mol. The minimum atomic E-state index is 0.439. The van der Waals surface area contributed by atoms with Crippen LogP contribution in [0.25, 0.3) is 0 Å². The van der Waals surface area contributed by atoms with E-state index < -0.39 is 0 Å². The average Bonchev–Trinajstić information content (AvgIpc) is 2.30. The highest BCUT2D eigenvalue weighted by molar-refractivity contribution is 4.80. The van der Waals surface area contributed by atoms with Crippen LogP contribution in [0.2, 0.25) is 0 Å². The molecule has 0 aromatic heterocycles. The molecule has 1 unspecified atom stereocenters. The molecule has 0 aliphatic carbocycles. The van der Waals surface area contributed by atoms with Gasteiger partial charge in [0, 0.05) is 13.1 Å². The smallest absolute Gasteiger partial charge is 0.00475 e. The summed E-state index contributed by atoms with van der Waals surface area (Å²) >= 11 is 0. The van der Waals surface area contributed by atoms with Crippen molar-refractivity contribution in [2.24, 2.45) is 5.41 Å². The Hall–Kier alpha value is -0.0800. The Morgan fingerprint density at radius 3 is 1.94 bits per heavy atom. The van der Waals surface area contributed by atoms with Crippen molar-refractivity contribution in [3.05, 3.63) is 0 Å². The molecule has 1 atom stereocenters. The van der Waals surface area contributed by atoms with Gasteiger partial charge in [-0.15, -0.1) is 0 Å². The fourth-order valence-corrected chi connectivity index (χ4v) is 2.84. The number of nitrogens with one attached hydrogen (secondary N) is 1. The van der Waals surface area contributed by atoms with Crippen molar-refractivity contribution in [1.29, 1.82) is 0 Å². The summed E-state index contributed by atoms with van der Waals surface area (Å²) in [5.74, 6) is 0. The first-order valence-corrected chi connectivity index (χ1v) is 8.04. The summed E-state index contributed by atoms with van der Waals surface area (Å²) < 4.78 is 0. The fraction of sp³-hybridized carbons (Fsp3) is 1.00. The van der Waals surface area contributed by atoms with Crippen molar-refractivity contribution in [2.45, 2.75) is 66.7 Å². The first kappa shape index (κ1) is 17.9. The van der Waals surface area contributed by atoms with E-state index in [1.165, 1.54) is 58.3 Å². The first-order valence-electron chi connectivity index (χ1n) is 8.04. The van der Waals surface area contributed by atoms with Crippen LogP contribution in [0.4, 0.5) is 0 Å². The van der Waals surface area contributed by atoms with Crippen LogP contribution in [-0.4, -0.2) is 37.6 Å². The van der Waals surface area contributed by atoms with Crippen LogP contribution in [0.15, 0.2) is 0 Å². The number of nitrogens with zero attached hydrogens (tertiary/aromatic N) is 1. The van der Waals surface area contributed by atoms with E-state index in [1.54, 1.807) is 0 Å². The van der Waals surface area contributed by atoms with E-state index in [1.807, 2.05) is 0 Å². The Bertz CT molecular complexity index is 176. The Kier molecular flexibility index (Phi) is 10.8. The molecule has 1 N–H and O–H groups in total. The van der Waals surface area contributed by atoms with Crippen LogP contribution in [0.3, 0.4) is 0 Å². The standard InChI is InChI=1S/C16H36N2/c1-6-10-16(5,14-17-11-7-2)15-18(12-8-3)13-9-4/h17H,6-15H2,1-5H3. The van der Waals surface area contributed by atoms with Crippen LogP contribution in [0.1, 0.15) is 66.7 Å². The van der Waals surface area contributed by atoms with Crippen molar-refractivity contribution in [1.82, 2.24) is 10.2 Å². The van der Waals surface area contributed by atoms with Gasteiger partial charge in [0.15, 0.2) is 0 Å². The van der Waals surface area contributed by atoms with Crippen molar-refractivity contribution >= 4 is 0 Å². The summed E-state index contributed by atoms with van der Waals surface area (Å²) in [6.45, 7) is 17.6. The molecular weight excluding hydrogens is 220 g/mol. The second kappa shape index (κ2) is 10.8. The van der Waals surface area contributed by atoms with Gasteiger partial charge in [-0.1, -0.05) is 41.0 Å². The van der Waals surface area contributed by atoms with Crippen LogP contribution in [0, 0.1) is 5.41 Å². The maximum Gasteiger partial charge on any atom is 0.00475 e.